The molecule has 0 bridgehead atoms. The molecule has 1 unspecified atom stereocenters. The molecule has 3 N–H and O–H groups in total. The highest BCUT2D eigenvalue weighted by Gasteiger charge is 2.08. The van der Waals surface area contributed by atoms with E-state index in [1.165, 1.54) is 0 Å². The van der Waals surface area contributed by atoms with E-state index < -0.39 is 6.10 Å². The van der Waals surface area contributed by atoms with E-state index in [2.05, 4.69) is 5.32 Å². The minimum Gasteiger partial charge on any atom is -0.508 e. The van der Waals surface area contributed by atoms with E-state index in [9.17, 15) is 10.2 Å². The van der Waals surface area contributed by atoms with Crippen molar-refractivity contribution in [3.8, 4) is 11.5 Å². The molecule has 0 aliphatic carbocycles. The van der Waals surface area contributed by atoms with Gasteiger partial charge in [-0.05, 0) is 44.5 Å². The lowest BCUT2D eigenvalue weighted by Gasteiger charge is -2.14. The zero-order valence-corrected chi connectivity index (χ0v) is 13.9. The Morgan fingerprint density at radius 1 is 1.09 bits per heavy atom. The summed E-state index contributed by atoms with van der Waals surface area (Å²) >= 11 is 0. The quantitative estimate of drug-likeness (QED) is 0.733. The fourth-order valence-corrected chi connectivity index (χ4v) is 2.36. The Labute approximate surface area is 137 Å². The topological polar surface area (TPSA) is 61.7 Å². The molecule has 4 heteroatoms. The van der Waals surface area contributed by atoms with Crippen molar-refractivity contribution < 1.29 is 14.9 Å². The molecule has 2 aromatic carbocycles. The van der Waals surface area contributed by atoms with Crippen LogP contribution in [0.15, 0.2) is 42.5 Å². The Hall–Kier alpha value is -2.04. The first-order valence-corrected chi connectivity index (χ1v) is 7.89. The molecule has 0 radical (unpaired) electrons. The predicted octanol–water partition coefficient (Wildman–Crippen LogP) is 3.31. The maximum Gasteiger partial charge on any atom is 0.120 e. The van der Waals surface area contributed by atoms with Crippen LogP contribution in [0.4, 0.5) is 0 Å². The summed E-state index contributed by atoms with van der Waals surface area (Å²) in [6.45, 7) is 6.87. The van der Waals surface area contributed by atoms with Crippen LogP contribution >= 0.6 is 0 Å². The average molecular weight is 315 g/mol. The second-order valence-corrected chi connectivity index (χ2v) is 6.01. The van der Waals surface area contributed by atoms with Gasteiger partial charge in [0.05, 0.1) is 12.2 Å². The van der Waals surface area contributed by atoms with Gasteiger partial charge in [-0.1, -0.05) is 29.8 Å². The highest BCUT2D eigenvalue weighted by molar-refractivity contribution is 5.35. The van der Waals surface area contributed by atoms with E-state index in [1.807, 2.05) is 57.2 Å². The highest BCUT2D eigenvalue weighted by Crippen LogP contribution is 2.20. The Kier molecular flexibility index (Phi) is 6.02. The minimum atomic E-state index is -0.602. The van der Waals surface area contributed by atoms with E-state index in [0.717, 1.165) is 22.4 Å². The van der Waals surface area contributed by atoms with Crippen LogP contribution in [0.2, 0.25) is 0 Å². The van der Waals surface area contributed by atoms with Crippen molar-refractivity contribution >= 4 is 0 Å². The number of aliphatic hydroxyl groups excluding tert-OH is 1. The fraction of sp³-hybridized carbons (Fsp3) is 0.368. The number of nitrogens with one attached hydrogen (secondary N) is 1. The van der Waals surface area contributed by atoms with Crippen molar-refractivity contribution in [3.63, 3.8) is 0 Å². The highest BCUT2D eigenvalue weighted by atomic mass is 16.5. The van der Waals surface area contributed by atoms with Crippen LogP contribution in [0, 0.1) is 6.92 Å². The molecule has 4 nitrogen and oxygen atoms in total. The van der Waals surface area contributed by atoms with Gasteiger partial charge in [0.15, 0.2) is 0 Å². The molecule has 2 rings (SSSR count). The van der Waals surface area contributed by atoms with Crippen LogP contribution in [0.5, 0.6) is 11.5 Å². The van der Waals surface area contributed by atoms with E-state index in [-0.39, 0.29) is 11.9 Å². The Morgan fingerprint density at radius 2 is 1.78 bits per heavy atom. The normalized spacial score (nSPS) is 12.4. The van der Waals surface area contributed by atoms with E-state index in [4.69, 9.17) is 4.74 Å². The zero-order chi connectivity index (χ0) is 16.8. The Balaban J connectivity index is 1.87. The van der Waals surface area contributed by atoms with Gasteiger partial charge >= 0.3 is 0 Å². The zero-order valence-electron chi connectivity index (χ0n) is 13.9. The summed E-state index contributed by atoms with van der Waals surface area (Å²) in [6.07, 6.45) is -0.468. The third-order valence-corrected chi connectivity index (χ3v) is 3.52. The summed E-state index contributed by atoms with van der Waals surface area (Å²) in [7, 11) is 0. The summed E-state index contributed by atoms with van der Waals surface area (Å²) in [5.41, 5.74) is 2.76. The number of aromatic hydroxyl groups is 1. The SMILES string of the molecule is Cc1ccc(O)c(CNCC(O)c2ccc(OC(C)C)cc2)c1. The Morgan fingerprint density at radius 3 is 2.43 bits per heavy atom. The van der Waals surface area contributed by atoms with Crippen LogP contribution in [-0.2, 0) is 6.54 Å². The van der Waals surface area contributed by atoms with Crippen molar-refractivity contribution in [1.29, 1.82) is 0 Å². The summed E-state index contributed by atoms with van der Waals surface area (Å²) in [4.78, 5) is 0. The van der Waals surface area contributed by atoms with Crippen molar-refractivity contribution in [1.82, 2.24) is 5.32 Å². The molecular formula is C19H25NO3. The van der Waals surface area contributed by atoms with Crippen molar-refractivity contribution in [2.45, 2.75) is 39.5 Å². The number of aryl methyl sites for hydroxylation is 1. The predicted molar refractivity (Wildman–Crippen MR) is 91.7 cm³/mol. The molecular weight excluding hydrogens is 290 g/mol. The van der Waals surface area contributed by atoms with Gasteiger partial charge in [0.2, 0.25) is 0 Å². The van der Waals surface area contributed by atoms with Gasteiger partial charge in [-0.3, -0.25) is 0 Å². The number of benzene rings is 2. The number of rotatable bonds is 7. The number of aliphatic hydroxyl groups is 1. The third kappa shape index (κ3) is 5.27. The summed E-state index contributed by atoms with van der Waals surface area (Å²) < 4.78 is 5.59. The lowest BCUT2D eigenvalue weighted by molar-refractivity contribution is 0.174. The molecule has 0 amide bonds. The molecule has 0 aliphatic rings. The first kappa shape index (κ1) is 17.3. The van der Waals surface area contributed by atoms with Gasteiger partial charge in [0, 0.05) is 18.7 Å². The lowest BCUT2D eigenvalue weighted by atomic mass is 10.1. The average Bonchev–Trinajstić information content (AvgIpc) is 2.50. The molecule has 0 fully saturated rings. The van der Waals surface area contributed by atoms with E-state index >= 15 is 0 Å². The van der Waals surface area contributed by atoms with Gasteiger partial charge in [-0.2, -0.15) is 0 Å². The molecule has 0 saturated carbocycles. The van der Waals surface area contributed by atoms with Crippen LogP contribution < -0.4 is 10.1 Å². The molecule has 0 saturated heterocycles. The standard InChI is InChI=1S/C19H25NO3/c1-13(2)23-17-7-5-15(6-8-17)19(22)12-20-11-16-10-14(3)4-9-18(16)21/h4-10,13,19-22H,11-12H2,1-3H3. The molecule has 124 valence electrons. The number of phenolic OH excluding ortho intramolecular Hbond substituents is 1. The van der Waals surface area contributed by atoms with Crippen molar-refractivity contribution in [2.24, 2.45) is 0 Å². The maximum absolute atomic E-state index is 10.2. The Bertz CT molecular complexity index is 623. The molecule has 0 heterocycles. The second kappa shape index (κ2) is 7.99. The molecule has 0 spiro atoms. The third-order valence-electron chi connectivity index (χ3n) is 3.52. The van der Waals surface area contributed by atoms with Gasteiger partial charge < -0.3 is 20.3 Å². The van der Waals surface area contributed by atoms with Crippen molar-refractivity contribution in [2.75, 3.05) is 6.54 Å². The van der Waals surface area contributed by atoms with Crippen LogP contribution in [0.3, 0.4) is 0 Å². The van der Waals surface area contributed by atoms with Crippen LogP contribution in [0.25, 0.3) is 0 Å². The maximum atomic E-state index is 10.2. The van der Waals surface area contributed by atoms with Crippen LogP contribution in [-0.4, -0.2) is 22.9 Å². The summed E-state index contributed by atoms with van der Waals surface area (Å²) in [5, 5.41) is 23.2. The number of phenols is 1. The van der Waals surface area contributed by atoms with Gasteiger partial charge in [0.1, 0.15) is 11.5 Å². The largest absolute Gasteiger partial charge is 0.508 e. The number of ether oxygens (including phenoxy) is 1. The summed E-state index contributed by atoms with van der Waals surface area (Å²) in [5.74, 6) is 1.07. The van der Waals surface area contributed by atoms with Gasteiger partial charge in [0.25, 0.3) is 0 Å². The molecule has 2 aromatic rings. The molecule has 23 heavy (non-hydrogen) atoms. The second-order valence-electron chi connectivity index (χ2n) is 6.01. The van der Waals surface area contributed by atoms with Crippen LogP contribution in [0.1, 0.15) is 36.6 Å². The first-order chi connectivity index (χ1) is 11.0. The molecule has 0 aliphatic heterocycles. The van der Waals surface area contributed by atoms with Crippen molar-refractivity contribution in [3.05, 3.63) is 59.2 Å². The van der Waals surface area contributed by atoms with E-state index in [1.54, 1.807) is 6.07 Å². The lowest BCUT2D eigenvalue weighted by Crippen LogP contribution is -2.21. The number of hydrogen-bond acceptors (Lipinski definition) is 4. The monoisotopic (exact) mass is 315 g/mol. The van der Waals surface area contributed by atoms with E-state index in [0.29, 0.717) is 13.1 Å². The number of hydrogen-bond donors (Lipinski definition) is 3. The molecule has 0 aromatic heterocycles. The molecule has 1 atom stereocenters. The summed E-state index contributed by atoms with van der Waals surface area (Å²) in [6, 6.07) is 13.0. The van der Waals surface area contributed by atoms with Gasteiger partial charge in [-0.15, -0.1) is 0 Å². The minimum absolute atomic E-state index is 0.134. The first-order valence-electron chi connectivity index (χ1n) is 7.89. The van der Waals surface area contributed by atoms with Gasteiger partial charge in [-0.25, -0.2) is 0 Å². The fourth-order valence-electron chi connectivity index (χ4n) is 2.36. The smallest absolute Gasteiger partial charge is 0.120 e.